The zero-order valence-electron chi connectivity index (χ0n) is 22.5. The molecule has 1 aliphatic heterocycles. The Bertz CT molecular complexity index is 1460. The van der Waals surface area contributed by atoms with Crippen molar-refractivity contribution < 1.29 is 8.91 Å². The topological polar surface area (TPSA) is 88.2 Å². The van der Waals surface area contributed by atoms with E-state index < -0.39 is 6.85 Å². The van der Waals surface area contributed by atoms with E-state index in [4.69, 9.17) is 9.85 Å². The molecule has 4 heterocycles. The lowest BCUT2D eigenvalue weighted by molar-refractivity contribution is 0.0664. The maximum Gasteiger partial charge on any atom is 0.253 e. The number of likely N-dealkylation sites (N-methyl/N-ethyl adjacent to an activating group) is 1. The minimum atomic E-state index is -2.41. The maximum atomic E-state index is 12.9. The van der Waals surface area contributed by atoms with Gasteiger partial charge in [0, 0.05) is 71.3 Å². The maximum absolute atomic E-state index is 12.9. The summed E-state index contributed by atoms with van der Waals surface area (Å²) in [5, 5.41) is 0. The number of aryl methyl sites for hydroxylation is 1. The smallest absolute Gasteiger partial charge is 0.253 e. The highest BCUT2D eigenvalue weighted by Crippen LogP contribution is 2.30. The van der Waals surface area contributed by atoms with Gasteiger partial charge in [0.1, 0.15) is 5.69 Å². The van der Waals surface area contributed by atoms with Crippen molar-refractivity contribution in [3.8, 4) is 33.6 Å². The first-order chi connectivity index (χ1) is 18.2. The second-order valence-electron chi connectivity index (χ2n) is 8.70. The number of benzene rings is 1. The Morgan fingerprint density at radius 1 is 0.943 bits per heavy atom. The third-order valence-corrected chi connectivity index (χ3v) is 6.23. The van der Waals surface area contributed by atoms with Crippen LogP contribution < -0.4 is 5.73 Å². The van der Waals surface area contributed by atoms with Gasteiger partial charge in [0.15, 0.2) is 0 Å². The van der Waals surface area contributed by atoms with E-state index in [9.17, 15) is 4.79 Å². The van der Waals surface area contributed by atoms with Gasteiger partial charge in [0.2, 0.25) is 0 Å². The Morgan fingerprint density at radius 3 is 2.40 bits per heavy atom. The number of aromatic nitrogens is 3. The van der Waals surface area contributed by atoms with E-state index in [2.05, 4.69) is 26.9 Å². The fourth-order valence-corrected chi connectivity index (χ4v) is 4.20. The van der Waals surface area contributed by atoms with Crippen molar-refractivity contribution in [2.75, 3.05) is 39.0 Å². The van der Waals surface area contributed by atoms with Gasteiger partial charge in [-0.3, -0.25) is 19.7 Å². The van der Waals surface area contributed by atoms with Crippen LogP contribution in [-0.4, -0.2) is 63.9 Å². The van der Waals surface area contributed by atoms with Crippen molar-refractivity contribution in [2.24, 2.45) is 0 Å². The molecule has 0 bridgehead atoms. The predicted molar refractivity (Wildman–Crippen MR) is 139 cm³/mol. The van der Waals surface area contributed by atoms with Crippen molar-refractivity contribution >= 4 is 11.6 Å². The molecule has 0 atom stereocenters. The van der Waals surface area contributed by atoms with Crippen LogP contribution in [-0.2, 0) is 0 Å². The second kappa shape index (κ2) is 9.64. The van der Waals surface area contributed by atoms with E-state index in [1.54, 1.807) is 42.9 Å². The molecule has 1 aromatic carbocycles. The Labute approximate surface area is 209 Å². The van der Waals surface area contributed by atoms with Gasteiger partial charge in [-0.15, -0.1) is 0 Å². The van der Waals surface area contributed by atoms with Gasteiger partial charge in [0.05, 0.1) is 11.4 Å². The minimum absolute atomic E-state index is 0.0341. The summed E-state index contributed by atoms with van der Waals surface area (Å²) in [6.45, 7) is 0.773. The molecule has 4 aromatic rings. The number of hydrogen-bond donors (Lipinski definition) is 1. The molecule has 35 heavy (non-hydrogen) atoms. The molecule has 0 unspecified atom stereocenters. The van der Waals surface area contributed by atoms with E-state index >= 15 is 0 Å². The number of carbonyl (C=O) groups is 1. The van der Waals surface area contributed by atoms with Gasteiger partial charge < -0.3 is 15.5 Å². The highest BCUT2D eigenvalue weighted by Gasteiger charge is 2.20. The number of nitrogens with zero attached hydrogens (tertiary/aromatic N) is 5. The minimum Gasteiger partial charge on any atom is -0.397 e. The zero-order chi connectivity index (χ0) is 26.9. The first-order valence-corrected chi connectivity index (χ1v) is 11.5. The quantitative estimate of drug-likeness (QED) is 0.485. The van der Waals surface area contributed by atoms with Gasteiger partial charge in [0.25, 0.3) is 5.91 Å². The third kappa shape index (κ3) is 4.90. The van der Waals surface area contributed by atoms with Crippen LogP contribution in [0.3, 0.4) is 0 Å². The number of nitrogens with two attached hydrogens (primary N) is 1. The summed E-state index contributed by atoms with van der Waals surface area (Å²) in [6, 6.07) is 16.2. The molecule has 7 heteroatoms. The second-order valence-corrected chi connectivity index (χ2v) is 8.70. The van der Waals surface area contributed by atoms with Crippen molar-refractivity contribution in [3.63, 3.8) is 0 Å². The predicted octanol–water partition coefficient (Wildman–Crippen LogP) is 4.15. The number of anilines is 1. The van der Waals surface area contributed by atoms with E-state index in [1.807, 2.05) is 35.2 Å². The Hall–Kier alpha value is -4.10. The standard InChI is InChI=1S/C28H28N6O/c1-19-14-22(16-26(32-19)27-25(29)4-3-9-31-27)24-15-23(17-30-18-24)20-5-7-21(8-6-20)28(35)34-12-10-33(2)11-13-34/h3-9,14-18H,10-13,29H2,1-2H3/i1D3. The van der Waals surface area contributed by atoms with E-state index in [0.717, 1.165) is 42.9 Å². The molecule has 5 rings (SSSR count). The number of pyridine rings is 3. The molecule has 3 aromatic heterocycles. The van der Waals surface area contributed by atoms with Crippen molar-refractivity contribution in [2.45, 2.75) is 6.85 Å². The van der Waals surface area contributed by atoms with Crippen molar-refractivity contribution in [1.82, 2.24) is 24.8 Å². The molecule has 2 N–H and O–H groups in total. The monoisotopic (exact) mass is 467 g/mol. The van der Waals surface area contributed by atoms with Gasteiger partial charge in [-0.1, -0.05) is 12.1 Å². The number of rotatable bonds is 4. The molecule has 0 saturated carbocycles. The summed E-state index contributed by atoms with van der Waals surface area (Å²) < 4.78 is 23.8. The zero-order valence-corrected chi connectivity index (χ0v) is 19.5. The molecule has 0 aliphatic carbocycles. The Morgan fingerprint density at radius 2 is 1.69 bits per heavy atom. The first-order valence-electron chi connectivity index (χ1n) is 13.0. The van der Waals surface area contributed by atoms with Crippen LogP contribution in [0, 0.1) is 6.85 Å². The molecule has 7 nitrogen and oxygen atoms in total. The summed E-state index contributed by atoms with van der Waals surface area (Å²) in [6.07, 6.45) is 5.01. The van der Waals surface area contributed by atoms with Gasteiger partial charge in [-0.2, -0.15) is 0 Å². The largest absolute Gasteiger partial charge is 0.397 e. The van der Waals surface area contributed by atoms with Crippen LogP contribution in [0.4, 0.5) is 5.69 Å². The van der Waals surface area contributed by atoms with Gasteiger partial charge in [-0.25, -0.2) is 0 Å². The molecule has 0 spiro atoms. The van der Waals surface area contributed by atoms with E-state index in [1.165, 1.54) is 0 Å². The van der Waals surface area contributed by atoms with Crippen molar-refractivity contribution in [3.05, 3.63) is 84.4 Å². The van der Waals surface area contributed by atoms with Crippen LogP contribution in [0.25, 0.3) is 33.6 Å². The highest BCUT2D eigenvalue weighted by atomic mass is 16.2. The number of amides is 1. The molecule has 1 fully saturated rings. The fraction of sp³-hybridized carbons (Fsp3) is 0.214. The van der Waals surface area contributed by atoms with Crippen LogP contribution in [0.1, 0.15) is 20.2 Å². The summed E-state index contributed by atoms with van der Waals surface area (Å²) >= 11 is 0. The van der Waals surface area contributed by atoms with Gasteiger partial charge >= 0.3 is 0 Å². The van der Waals surface area contributed by atoms with Crippen LogP contribution in [0.5, 0.6) is 0 Å². The number of piperazine rings is 1. The van der Waals surface area contributed by atoms with Gasteiger partial charge in [-0.05, 0) is 67.5 Å². The molecule has 1 amide bonds. The first kappa shape index (κ1) is 19.2. The SMILES string of the molecule is [2H]C([2H])([2H])c1cc(-c2cncc(-c3ccc(C(=O)N4CCN(C)CC4)cc3)c2)cc(-c2ncccc2N)n1. The molecule has 1 aliphatic rings. The van der Waals surface area contributed by atoms with Crippen LogP contribution >= 0.6 is 0 Å². The molecule has 0 radical (unpaired) electrons. The Balaban J connectivity index is 1.46. The molecular formula is C28H28N6O. The average molecular weight is 468 g/mol. The third-order valence-electron chi connectivity index (χ3n) is 6.23. The van der Waals surface area contributed by atoms with Crippen LogP contribution in [0.15, 0.2) is 73.2 Å². The summed E-state index contributed by atoms with van der Waals surface area (Å²) in [5.41, 5.74) is 11.0. The summed E-state index contributed by atoms with van der Waals surface area (Å²) in [5.74, 6) is 0.0341. The molecule has 1 saturated heterocycles. The highest BCUT2D eigenvalue weighted by molar-refractivity contribution is 5.95. The average Bonchev–Trinajstić information content (AvgIpc) is 2.93. The fourth-order valence-electron chi connectivity index (χ4n) is 4.20. The number of hydrogen-bond acceptors (Lipinski definition) is 6. The lowest BCUT2D eigenvalue weighted by atomic mass is 10.00. The van der Waals surface area contributed by atoms with Crippen molar-refractivity contribution in [1.29, 1.82) is 0 Å². The molecular weight excluding hydrogens is 436 g/mol. The van der Waals surface area contributed by atoms with E-state index in [-0.39, 0.29) is 11.6 Å². The number of nitrogen functional groups attached to an aromatic ring is 1. The lowest BCUT2D eigenvalue weighted by Gasteiger charge is -2.32. The summed E-state index contributed by atoms with van der Waals surface area (Å²) in [7, 11) is 2.06. The molecule has 176 valence electrons. The Kier molecular flexibility index (Phi) is 5.30. The summed E-state index contributed by atoms with van der Waals surface area (Å²) in [4.78, 5) is 30.1. The number of carbonyl (C=O) groups excluding carboxylic acids is 1. The van der Waals surface area contributed by atoms with E-state index in [0.29, 0.717) is 28.2 Å². The normalized spacial score (nSPS) is 15.8. The van der Waals surface area contributed by atoms with Crippen LogP contribution in [0.2, 0.25) is 0 Å². The lowest BCUT2D eigenvalue weighted by Crippen LogP contribution is -2.47.